The molecular formula is C15H12FN5O3. The molecule has 0 spiro atoms. The first-order valence-electron chi connectivity index (χ1n) is 7.13. The highest BCUT2D eigenvalue weighted by atomic mass is 19.1. The summed E-state index contributed by atoms with van der Waals surface area (Å²) in [5.41, 5.74) is 4.40. The number of hydrogen-bond donors (Lipinski definition) is 1. The molecule has 0 amide bonds. The van der Waals surface area contributed by atoms with Crippen LogP contribution < -0.4 is 10.2 Å². The molecular weight excluding hydrogens is 317 g/mol. The summed E-state index contributed by atoms with van der Waals surface area (Å²) in [6.45, 7) is 0.253. The Morgan fingerprint density at radius 3 is 3.04 bits per heavy atom. The van der Waals surface area contributed by atoms with E-state index in [1.165, 1.54) is 23.2 Å². The molecule has 0 saturated carbocycles. The fourth-order valence-electron chi connectivity index (χ4n) is 2.27. The van der Waals surface area contributed by atoms with Crippen molar-refractivity contribution < 1.29 is 18.5 Å². The summed E-state index contributed by atoms with van der Waals surface area (Å²) in [5.74, 6) is -0.0355. The molecule has 122 valence electrons. The van der Waals surface area contributed by atoms with Gasteiger partial charge in [0.25, 0.3) is 5.88 Å². The lowest BCUT2D eigenvalue weighted by Gasteiger charge is -2.08. The molecule has 1 aromatic carbocycles. The van der Waals surface area contributed by atoms with Crippen LogP contribution in [0.1, 0.15) is 5.56 Å². The largest absolute Gasteiger partial charge is 0.472 e. The number of hydrogen-bond acceptors (Lipinski definition) is 7. The highest BCUT2D eigenvalue weighted by Crippen LogP contribution is 2.22. The van der Waals surface area contributed by atoms with E-state index in [2.05, 4.69) is 25.5 Å². The number of aromatic nitrogens is 4. The summed E-state index contributed by atoms with van der Waals surface area (Å²) in [6.07, 6.45) is 5.97. The van der Waals surface area contributed by atoms with E-state index < -0.39 is 5.82 Å². The zero-order valence-corrected chi connectivity index (χ0v) is 12.3. The van der Waals surface area contributed by atoms with E-state index in [9.17, 15) is 4.39 Å². The number of halogens is 1. The van der Waals surface area contributed by atoms with Gasteiger partial charge in [-0.3, -0.25) is 10.3 Å². The highest BCUT2D eigenvalue weighted by molar-refractivity contribution is 5.66. The minimum absolute atomic E-state index is 0.253. The number of benzene rings is 1. The van der Waals surface area contributed by atoms with E-state index in [0.29, 0.717) is 22.8 Å². The molecule has 0 fully saturated rings. The Balaban J connectivity index is 1.47. The molecule has 4 rings (SSSR count). The maximum Gasteiger partial charge on any atom is 0.254 e. The van der Waals surface area contributed by atoms with Crippen LogP contribution in [0.15, 0.2) is 53.5 Å². The molecule has 0 aliphatic carbocycles. The zero-order valence-electron chi connectivity index (χ0n) is 12.3. The van der Waals surface area contributed by atoms with Gasteiger partial charge in [0.1, 0.15) is 30.5 Å². The summed E-state index contributed by atoms with van der Waals surface area (Å²) >= 11 is 0. The Hall–Kier alpha value is -3.20. The molecule has 0 saturated heterocycles. The second-order valence-corrected chi connectivity index (χ2v) is 5.00. The van der Waals surface area contributed by atoms with Crippen LogP contribution in [0.2, 0.25) is 0 Å². The van der Waals surface area contributed by atoms with E-state index in [4.69, 9.17) is 9.57 Å². The Morgan fingerprint density at radius 2 is 2.29 bits per heavy atom. The third kappa shape index (κ3) is 2.84. The summed E-state index contributed by atoms with van der Waals surface area (Å²) < 4.78 is 25.7. The zero-order chi connectivity index (χ0) is 16.4. The molecule has 1 N–H and O–H groups in total. The van der Waals surface area contributed by atoms with Gasteiger partial charge >= 0.3 is 0 Å². The van der Waals surface area contributed by atoms with Gasteiger partial charge in [-0.25, -0.2) is 9.07 Å². The highest BCUT2D eigenvalue weighted by Gasteiger charge is 2.19. The molecule has 24 heavy (non-hydrogen) atoms. The van der Waals surface area contributed by atoms with Crippen LogP contribution in [0, 0.1) is 5.82 Å². The van der Waals surface area contributed by atoms with Crippen molar-refractivity contribution in [2.24, 2.45) is 0 Å². The Kier molecular flexibility index (Phi) is 3.67. The first kappa shape index (κ1) is 14.4. The molecule has 9 heteroatoms. The van der Waals surface area contributed by atoms with Crippen molar-refractivity contribution in [3.8, 4) is 11.6 Å². The van der Waals surface area contributed by atoms with Crippen molar-refractivity contribution in [2.45, 2.75) is 6.10 Å². The minimum Gasteiger partial charge on any atom is -0.472 e. The average molecular weight is 329 g/mol. The predicted octanol–water partition coefficient (Wildman–Crippen LogP) is 1.72. The normalized spacial score (nSPS) is 16.7. The van der Waals surface area contributed by atoms with Crippen molar-refractivity contribution in [1.82, 2.24) is 25.6 Å². The molecule has 3 heterocycles. The van der Waals surface area contributed by atoms with Gasteiger partial charge in [0, 0.05) is 11.6 Å². The molecule has 1 aliphatic heterocycles. The number of nitrogens with zero attached hydrogens (tertiary/aromatic N) is 4. The first-order chi connectivity index (χ1) is 11.8. The van der Waals surface area contributed by atoms with Crippen LogP contribution >= 0.6 is 0 Å². The van der Waals surface area contributed by atoms with Gasteiger partial charge in [-0.05, 0) is 23.4 Å². The van der Waals surface area contributed by atoms with Crippen molar-refractivity contribution >= 4 is 5.70 Å². The smallest absolute Gasteiger partial charge is 0.254 e. The van der Waals surface area contributed by atoms with E-state index in [-0.39, 0.29) is 12.7 Å². The second-order valence-electron chi connectivity index (χ2n) is 5.00. The predicted molar refractivity (Wildman–Crippen MR) is 79.3 cm³/mol. The minimum atomic E-state index is -0.414. The second kappa shape index (κ2) is 6.13. The Morgan fingerprint density at radius 1 is 1.33 bits per heavy atom. The van der Waals surface area contributed by atoms with E-state index >= 15 is 0 Å². The van der Waals surface area contributed by atoms with Crippen molar-refractivity contribution in [1.29, 1.82) is 0 Å². The van der Waals surface area contributed by atoms with Crippen molar-refractivity contribution in [3.63, 3.8) is 0 Å². The fourth-order valence-corrected chi connectivity index (χ4v) is 2.27. The summed E-state index contributed by atoms with van der Waals surface area (Å²) in [6, 6.07) is 6.40. The Bertz CT molecular complexity index is 848. The molecule has 0 bridgehead atoms. The van der Waals surface area contributed by atoms with Crippen LogP contribution in [0.25, 0.3) is 11.4 Å². The van der Waals surface area contributed by atoms with E-state index in [1.807, 2.05) is 6.08 Å². The van der Waals surface area contributed by atoms with Gasteiger partial charge in [0.2, 0.25) is 0 Å². The number of nitrogens with one attached hydrogen (secondary N) is 1. The average Bonchev–Trinajstić information content (AvgIpc) is 3.34. The summed E-state index contributed by atoms with van der Waals surface area (Å²) in [4.78, 5) is 5.38. The third-order valence-electron chi connectivity index (χ3n) is 3.41. The Labute approximate surface area is 135 Å². The van der Waals surface area contributed by atoms with Crippen LogP contribution in [-0.4, -0.2) is 32.9 Å². The van der Waals surface area contributed by atoms with Crippen molar-refractivity contribution in [3.05, 3.63) is 60.4 Å². The molecule has 8 nitrogen and oxygen atoms in total. The van der Waals surface area contributed by atoms with Gasteiger partial charge in [-0.1, -0.05) is 11.3 Å². The molecule has 2 aromatic heterocycles. The number of rotatable bonds is 5. The molecule has 3 aromatic rings. The van der Waals surface area contributed by atoms with E-state index in [0.717, 1.165) is 0 Å². The third-order valence-corrected chi connectivity index (χ3v) is 3.41. The molecule has 1 aliphatic rings. The van der Waals surface area contributed by atoms with Crippen molar-refractivity contribution in [2.75, 3.05) is 6.61 Å². The maximum absolute atomic E-state index is 14.3. The SMILES string of the molecule is Fc1cc(C2=CC(COc3ccon3)ON2)ccc1-n1ccnn1. The van der Waals surface area contributed by atoms with Crippen LogP contribution in [0.4, 0.5) is 4.39 Å². The maximum atomic E-state index is 14.3. The van der Waals surface area contributed by atoms with Gasteiger partial charge in [-0.15, -0.1) is 5.10 Å². The van der Waals surface area contributed by atoms with Crippen LogP contribution in [0.3, 0.4) is 0 Å². The molecule has 1 atom stereocenters. The number of hydroxylamine groups is 1. The fraction of sp³-hybridized carbons (Fsp3) is 0.133. The lowest BCUT2D eigenvalue weighted by molar-refractivity contribution is 0.0219. The standard InChI is InChI=1S/C15H12FN5O3/c16-12-7-10(1-2-14(12)21-5-4-17-20-21)13-8-11(24-18-13)9-22-15-3-6-23-19-15/h1-8,11,18H,9H2. The van der Waals surface area contributed by atoms with E-state index in [1.54, 1.807) is 24.4 Å². The van der Waals surface area contributed by atoms with Crippen LogP contribution in [-0.2, 0) is 4.84 Å². The monoisotopic (exact) mass is 329 g/mol. The lowest BCUT2D eigenvalue weighted by Crippen LogP contribution is -2.19. The first-order valence-corrected chi connectivity index (χ1v) is 7.13. The van der Waals surface area contributed by atoms with Gasteiger partial charge in [-0.2, -0.15) is 0 Å². The molecule has 0 radical (unpaired) electrons. The molecule has 1 unspecified atom stereocenters. The van der Waals surface area contributed by atoms with Gasteiger partial charge in [0.15, 0.2) is 0 Å². The summed E-state index contributed by atoms with van der Waals surface area (Å²) in [7, 11) is 0. The quantitative estimate of drug-likeness (QED) is 0.762. The lowest BCUT2D eigenvalue weighted by atomic mass is 10.1. The topological polar surface area (TPSA) is 87.2 Å². The van der Waals surface area contributed by atoms with Crippen LogP contribution in [0.5, 0.6) is 5.88 Å². The summed E-state index contributed by atoms with van der Waals surface area (Å²) in [5, 5.41) is 11.1. The van der Waals surface area contributed by atoms with Gasteiger partial charge in [0.05, 0.1) is 18.1 Å². The number of ether oxygens (including phenoxy) is 1. The van der Waals surface area contributed by atoms with Gasteiger partial charge < -0.3 is 9.26 Å².